The summed E-state index contributed by atoms with van der Waals surface area (Å²) in [6.07, 6.45) is 0.567. The van der Waals surface area contributed by atoms with E-state index in [-0.39, 0.29) is 5.78 Å². The molecule has 0 heterocycles. The van der Waals surface area contributed by atoms with Crippen LogP contribution in [-0.4, -0.2) is 5.78 Å². The number of halogens is 2. The van der Waals surface area contributed by atoms with Crippen LogP contribution in [0.4, 0.5) is 0 Å². The lowest BCUT2D eigenvalue weighted by Crippen LogP contribution is -1.98. The average Bonchev–Trinajstić information content (AvgIpc) is 2.03. The van der Waals surface area contributed by atoms with E-state index in [1.165, 1.54) is 0 Å². The predicted octanol–water partition coefficient (Wildman–Crippen LogP) is 3.65. The molecular formula is C9H8BrIO. The maximum absolute atomic E-state index is 11.3. The Morgan fingerprint density at radius 2 is 2.25 bits per heavy atom. The molecule has 0 aliphatic carbocycles. The Balaban J connectivity index is 3.09. The zero-order chi connectivity index (χ0) is 9.14. The van der Waals surface area contributed by atoms with Gasteiger partial charge in [0.2, 0.25) is 0 Å². The summed E-state index contributed by atoms with van der Waals surface area (Å²) in [4.78, 5) is 11.3. The average molecular weight is 339 g/mol. The van der Waals surface area contributed by atoms with Gasteiger partial charge in [0.15, 0.2) is 5.78 Å². The number of carbonyl (C=O) groups is 1. The summed E-state index contributed by atoms with van der Waals surface area (Å²) in [5, 5.41) is 0. The normalized spacial score (nSPS) is 9.92. The van der Waals surface area contributed by atoms with Crippen LogP contribution >= 0.6 is 38.5 Å². The van der Waals surface area contributed by atoms with E-state index in [1.807, 2.05) is 25.1 Å². The minimum absolute atomic E-state index is 0.201. The fraction of sp³-hybridized carbons (Fsp3) is 0.222. The van der Waals surface area contributed by atoms with Gasteiger partial charge in [-0.3, -0.25) is 4.79 Å². The highest BCUT2D eigenvalue weighted by Crippen LogP contribution is 2.19. The molecule has 1 rings (SSSR count). The Labute approximate surface area is 93.8 Å². The predicted molar refractivity (Wildman–Crippen MR) is 61.5 cm³/mol. The van der Waals surface area contributed by atoms with Gasteiger partial charge in [0.1, 0.15) is 0 Å². The molecule has 0 atom stereocenters. The van der Waals surface area contributed by atoms with E-state index >= 15 is 0 Å². The number of ketones is 1. The van der Waals surface area contributed by atoms with Crippen molar-refractivity contribution in [3.05, 3.63) is 31.8 Å². The molecule has 0 bridgehead atoms. The molecule has 64 valence electrons. The van der Waals surface area contributed by atoms with E-state index in [1.54, 1.807) is 0 Å². The van der Waals surface area contributed by atoms with E-state index in [0.717, 1.165) is 13.6 Å². The van der Waals surface area contributed by atoms with E-state index in [2.05, 4.69) is 38.5 Å². The first kappa shape index (κ1) is 10.2. The van der Waals surface area contributed by atoms with Gasteiger partial charge in [-0.2, -0.15) is 0 Å². The highest BCUT2D eigenvalue weighted by molar-refractivity contribution is 14.1. The molecule has 0 spiro atoms. The zero-order valence-electron chi connectivity index (χ0n) is 6.60. The molecule has 0 saturated carbocycles. The molecular weight excluding hydrogens is 331 g/mol. The van der Waals surface area contributed by atoms with Gasteiger partial charge in [-0.1, -0.05) is 22.9 Å². The van der Waals surface area contributed by atoms with Crippen LogP contribution in [0.25, 0.3) is 0 Å². The number of rotatable bonds is 2. The van der Waals surface area contributed by atoms with E-state index < -0.39 is 0 Å². The largest absolute Gasteiger partial charge is 0.294 e. The molecule has 0 aromatic heterocycles. The van der Waals surface area contributed by atoms with Crippen molar-refractivity contribution < 1.29 is 4.79 Å². The monoisotopic (exact) mass is 338 g/mol. The lowest BCUT2D eigenvalue weighted by Gasteiger charge is -2.01. The molecule has 0 radical (unpaired) electrons. The minimum Gasteiger partial charge on any atom is -0.294 e. The number of carbonyl (C=O) groups excluding carboxylic acids is 1. The molecule has 1 aromatic rings. The molecule has 0 aliphatic rings. The van der Waals surface area contributed by atoms with Crippen LogP contribution in [0, 0.1) is 3.57 Å². The smallest absolute Gasteiger partial charge is 0.163 e. The van der Waals surface area contributed by atoms with Crippen LogP contribution in [0.15, 0.2) is 22.7 Å². The van der Waals surface area contributed by atoms with Gasteiger partial charge in [-0.25, -0.2) is 0 Å². The van der Waals surface area contributed by atoms with Crippen molar-refractivity contribution in [3.63, 3.8) is 0 Å². The number of hydrogen-bond donors (Lipinski definition) is 0. The first-order chi connectivity index (χ1) is 5.65. The van der Waals surface area contributed by atoms with E-state index in [4.69, 9.17) is 0 Å². The van der Waals surface area contributed by atoms with Crippen LogP contribution in [0.1, 0.15) is 23.7 Å². The third-order valence-corrected chi connectivity index (χ3v) is 2.94. The van der Waals surface area contributed by atoms with Crippen molar-refractivity contribution >= 4 is 44.3 Å². The molecule has 0 aliphatic heterocycles. The highest BCUT2D eigenvalue weighted by Gasteiger charge is 2.06. The molecule has 12 heavy (non-hydrogen) atoms. The minimum atomic E-state index is 0.201. The molecule has 3 heteroatoms. The number of benzene rings is 1. The van der Waals surface area contributed by atoms with Crippen molar-refractivity contribution in [1.82, 2.24) is 0 Å². The summed E-state index contributed by atoms with van der Waals surface area (Å²) in [5.74, 6) is 0.201. The highest BCUT2D eigenvalue weighted by atomic mass is 127. The summed E-state index contributed by atoms with van der Waals surface area (Å²) in [6.45, 7) is 1.88. The summed E-state index contributed by atoms with van der Waals surface area (Å²) in [6, 6.07) is 5.70. The number of hydrogen-bond acceptors (Lipinski definition) is 1. The van der Waals surface area contributed by atoms with Gasteiger partial charge in [0.25, 0.3) is 0 Å². The first-order valence-electron chi connectivity index (χ1n) is 3.63. The van der Waals surface area contributed by atoms with E-state index in [0.29, 0.717) is 6.42 Å². The van der Waals surface area contributed by atoms with Gasteiger partial charge < -0.3 is 0 Å². The molecule has 0 amide bonds. The zero-order valence-corrected chi connectivity index (χ0v) is 10.3. The maximum atomic E-state index is 11.3. The summed E-state index contributed by atoms with van der Waals surface area (Å²) < 4.78 is 2.02. The molecule has 0 unspecified atom stereocenters. The van der Waals surface area contributed by atoms with Crippen molar-refractivity contribution in [2.45, 2.75) is 13.3 Å². The SMILES string of the molecule is CCC(=O)c1ccc(Br)cc1I. The van der Waals surface area contributed by atoms with Gasteiger partial charge in [0, 0.05) is 20.0 Å². The van der Waals surface area contributed by atoms with Crippen molar-refractivity contribution in [3.8, 4) is 0 Å². The fourth-order valence-corrected chi connectivity index (χ4v) is 2.51. The van der Waals surface area contributed by atoms with Crippen molar-refractivity contribution in [2.24, 2.45) is 0 Å². The third-order valence-electron chi connectivity index (χ3n) is 1.55. The second-order valence-corrected chi connectivity index (χ2v) is 4.48. The Hall–Kier alpha value is 0.1000. The Bertz CT molecular complexity index is 309. The van der Waals surface area contributed by atoms with Crippen molar-refractivity contribution in [2.75, 3.05) is 0 Å². The Morgan fingerprint density at radius 1 is 1.58 bits per heavy atom. The molecule has 0 fully saturated rings. The quantitative estimate of drug-likeness (QED) is 0.594. The van der Waals surface area contributed by atoms with Gasteiger partial charge in [-0.05, 0) is 40.8 Å². The maximum Gasteiger partial charge on any atom is 0.163 e. The molecule has 1 nitrogen and oxygen atoms in total. The second-order valence-electron chi connectivity index (χ2n) is 2.40. The summed E-state index contributed by atoms with van der Waals surface area (Å²) in [5.41, 5.74) is 0.821. The summed E-state index contributed by atoms with van der Waals surface area (Å²) >= 11 is 5.52. The Kier molecular flexibility index (Phi) is 3.71. The third kappa shape index (κ3) is 2.29. The Morgan fingerprint density at radius 3 is 2.75 bits per heavy atom. The van der Waals surface area contributed by atoms with Crippen LogP contribution in [0.3, 0.4) is 0 Å². The summed E-state index contributed by atoms with van der Waals surface area (Å²) in [7, 11) is 0. The number of Topliss-reactive ketones (excluding diaryl/α,β-unsaturated/α-hetero) is 1. The van der Waals surface area contributed by atoms with Crippen LogP contribution in [0.5, 0.6) is 0 Å². The lowest BCUT2D eigenvalue weighted by molar-refractivity contribution is 0.0987. The lowest BCUT2D eigenvalue weighted by atomic mass is 10.1. The van der Waals surface area contributed by atoms with Crippen molar-refractivity contribution in [1.29, 1.82) is 0 Å². The van der Waals surface area contributed by atoms with Gasteiger partial charge in [-0.15, -0.1) is 0 Å². The fourth-order valence-electron chi connectivity index (χ4n) is 0.906. The first-order valence-corrected chi connectivity index (χ1v) is 5.50. The van der Waals surface area contributed by atoms with Crippen LogP contribution in [0.2, 0.25) is 0 Å². The second kappa shape index (κ2) is 4.37. The topological polar surface area (TPSA) is 17.1 Å². The van der Waals surface area contributed by atoms with Gasteiger partial charge >= 0.3 is 0 Å². The standard InChI is InChI=1S/C9H8BrIO/c1-2-9(12)7-4-3-6(10)5-8(7)11/h3-5H,2H2,1H3. The molecule has 1 aromatic carbocycles. The molecule has 0 saturated heterocycles. The van der Waals surface area contributed by atoms with Crippen LogP contribution in [-0.2, 0) is 0 Å². The van der Waals surface area contributed by atoms with Gasteiger partial charge in [0.05, 0.1) is 0 Å². The van der Waals surface area contributed by atoms with Crippen LogP contribution < -0.4 is 0 Å². The molecule has 0 N–H and O–H groups in total. The van der Waals surface area contributed by atoms with E-state index in [9.17, 15) is 4.79 Å².